The third kappa shape index (κ3) is 3.57. The molecule has 0 unspecified atom stereocenters. The molecule has 0 aliphatic rings. The first-order valence-electron chi connectivity index (χ1n) is 8.83. The smallest absolute Gasteiger partial charge is 0.261 e. The minimum Gasteiger partial charge on any atom is -0.354 e. The highest BCUT2D eigenvalue weighted by Crippen LogP contribution is 2.12. The van der Waals surface area contributed by atoms with E-state index in [9.17, 15) is 9.59 Å². The number of pyridine rings is 1. The molecule has 1 aromatic carbocycles. The van der Waals surface area contributed by atoms with Crippen molar-refractivity contribution in [2.75, 3.05) is 6.54 Å². The summed E-state index contributed by atoms with van der Waals surface area (Å²) in [5.41, 5.74) is 1.37. The van der Waals surface area contributed by atoms with Crippen molar-refractivity contribution in [2.45, 2.75) is 19.5 Å². The van der Waals surface area contributed by atoms with Gasteiger partial charge in [-0.25, -0.2) is 9.97 Å². The molecular weight excluding hydrogens is 342 g/mol. The first-order chi connectivity index (χ1) is 13.2. The molecule has 0 bridgehead atoms. The van der Waals surface area contributed by atoms with Crippen LogP contribution in [0.3, 0.4) is 0 Å². The van der Waals surface area contributed by atoms with Gasteiger partial charge in [0.15, 0.2) is 0 Å². The monoisotopic (exact) mass is 361 g/mol. The van der Waals surface area contributed by atoms with E-state index in [4.69, 9.17) is 0 Å². The molecule has 0 atom stereocenters. The Balaban J connectivity index is 1.32. The lowest BCUT2D eigenvalue weighted by atomic mass is 10.2. The predicted octanol–water partition coefficient (Wildman–Crippen LogP) is 1.95. The molecule has 1 N–H and O–H groups in total. The number of aryl methyl sites for hydroxylation is 1. The maximum absolute atomic E-state index is 12.4. The molecule has 136 valence electrons. The van der Waals surface area contributed by atoms with Crippen molar-refractivity contribution in [1.82, 2.24) is 24.4 Å². The number of aromatic nitrogens is 4. The van der Waals surface area contributed by atoms with Crippen LogP contribution in [0.5, 0.6) is 0 Å². The fourth-order valence-electron chi connectivity index (χ4n) is 3.11. The van der Waals surface area contributed by atoms with Crippen LogP contribution in [0.2, 0.25) is 0 Å². The summed E-state index contributed by atoms with van der Waals surface area (Å²) in [5, 5.41) is 4.47. The predicted molar refractivity (Wildman–Crippen MR) is 103 cm³/mol. The van der Waals surface area contributed by atoms with Crippen molar-refractivity contribution in [2.24, 2.45) is 0 Å². The average Bonchev–Trinajstić information content (AvgIpc) is 3.11. The Labute approximate surface area is 155 Å². The minimum atomic E-state index is -0.208. The summed E-state index contributed by atoms with van der Waals surface area (Å²) < 4.78 is 3.40. The summed E-state index contributed by atoms with van der Waals surface area (Å²) in [6, 6.07) is 13.1. The molecule has 0 fully saturated rings. The molecule has 0 aliphatic carbocycles. The van der Waals surface area contributed by atoms with Crippen molar-refractivity contribution in [3.63, 3.8) is 0 Å². The van der Waals surface area contributed by atoms with Gasteiger partial charge in [0, 0.05) is 30.9 Å². The van der Waals surface area contributed by atoms with Gasteiger partial charge in [-0.1, -0.05) is 12.1 Å². The minimum absolute atomic E-state index is 0.0370. The van der Waals surface area contributed by atoms with Crippen molar-refractivity contribution in [3.8, 4) is 0 Å². The molecule has 0 radical (unpaired) electrons. The Kier molecular flexibility index (Phi) is 4.65. The summed E-state index contributed by atoms with van der Waals surface area (Å²) in [6.07, 6.45) is 5.97. The maximum atomic E-state index is 12.4. The second kappa shape index (κ2) is 7.41. The van der Waals surface area contributed by atoms with Crippen molar-refractivity contribution >= 4 is 27.8 Å². The largest absolute Gasteiger partial charge is 0.354 e. The number of nitrogens with zero attached hydrogens (tertiary/aromatic N) is 4. The van der Waals surface area contributed by atoms with Crippen LogP contribution in [0.1, 0.15) is 6.42 Å². The highest BCUT2D eigenvalue weighted by Gasteiger charge is 2.08. The van der Waals surface area contributed by atoms with Gasteiger partial charge in [-0.3, -0.25) is 14.2 Å². The number of amides is 1. The van der Waals surface area contributed by atoms with E-state index in [1.165, 1.54) is 10.9 Å². The second-order valence-corrected chi connectivity index (χ2v) is 6.32. The van der Waals surface area contributed by atoms with Gasteiger partial charge in [0.25, 0.3) is 5.56 Å². The summed E-state index contributed by atoms with van der Waals surface area (Å²) >= 11 is 0. The number of hydrogen-bond donors (Lipinski definition) is 1. The molecule has 27 heavy (non-hydrogen) atoms. The maximum Gasteiger partial charge on any atom is 0.261 e. The van der Waals surface area contributed by atoms with Crippen LogP contribution in [-0.4, -0.2) is 31.6 Å². The van der Waals surface area contributed by atoms with E-state index in [2.05, 4.69) is 19.9 Å². The number of hydrogen-bond acceptors (Lipinski definition) is 4. The zero-order chi connectivity index (χ0) is 18.6. The van der Waals surface area contributed by atoms with Gasteiger partial charge in [-0.05, 0) is 36.8 Å². The van der Waals surface area contributed by atoms with E-state index >= 15 is 0 Å². The third-order valence-corrected chi connectivity index (χ3v) is 4.47. The van der Waals surface area contributed by atoms with Crippen LogP contribution >= 0.6 is 0 Å². The molecule has 1 amide bonds. The molecule has 3 aromatic heterocycles. The van der Waals surface area contributed by atoms with Crippen LogP contribution < -0.4 is 10.9 Å². The van der Waals surface area contributed by atoms with Gasteiger partial charge in [0.05, 0.1) is 17.2 Å². The Bertz CT molecular complexity index is 1160. The zero-order valence-corrected chi connectivity index (χ0v) is 14.7. The highest BCUT2D eigenvalue weighted by atomic mass is 16.2. The van der Waals surface area contributed by atoms with E-state index < -0.39 is 0 Å². The average molecular weight is 361 g/mol. The number of para-hydroxylation sites is 1. The Hall–Kier alpha value is -3.48. The van der Waals surface area contributed by atoms with Crippen LogP contribution in [0, 0.1) is 0 Å². The first-order valence-corrected chi connectivity index (χ1v) is 8.83. The molecule has 3 heterocycles. The fourth-order valence-corrected chi connectivity index (χ4v) is 3.11. The number of carbonyl (C=O) groups is 1. The van der Waals surface area contributed by atoms with E-state index in [1.54, 1.807) is 24.4 Å². The number of carbonyl (C=O) groups excluding carboxylic acids is 1. The molecule has 4 aromatic rings. The number of nitrogens with one attached hydrogen (secondary N) is 1. The molecule has 0 saturated carbocycles. The van der Waals surface area contributed by atoms with Crippen molar-refractivity contribution in [1.29, 1.82) is 0 Å². The van der Waals surface area contributed by atoms with Gasteiger partial charge < -0.3 is 9.88 Å². The summed E-state index contributed by atoms with van der Waals surface area (Å²) in [7, 11) is 0. The summed E-state index contributed by atoms with van der Waals surface area (Å²) in [5.74, 6) is -0.204. The molecular formula is C20H19N5O2. The van der Waals surface area contributed by atoms with E-state index in [0.29, 0.717) is 17.4 Å². The second-order valence-electron chi connectivity index (χ2n) is 6.32. The van der Waals surface area contributed by atoms with Crippen molar-refractivity contribution < 1.29 is 4.79 Å². The van der Waals surface area contributed by atoms with Crippen LogP contribution in [0.15, 0.2) is 66.0 Å². The zero-order valence-electron chi connectivity index (χ0n) is 14.7. The lowest BCUT2D eigenvalue weighted by Gasteiger charge is -2.09. The van der Waals surface area contributed by atoms with E-state index in [0.717, 1.165) is 24.0 Å². The number of fused-ring (bicyclic) bond motifs is 2. The van der Waals surface area contributed by atoms with Crippen LogP contribution in [-0.2, 0) is 17.9 Å². The van der Waals surface area contributed by atoms with Crippen molar-refractivity contribution in [3.05, 3.63) is 71.5 Å². The molecule has 7 heteroatoms. The molecule has 7 nitrogen and oxygen atoms in total. The Morgan fingerprint density at radius 3 is 2.85 bits per heavy atom. The van der Waals surface area contributed by atoms with Crippen LogP contribution in [0.4, 0.5) is 0 Å². The Morgan fingerprint density at radius 2 is 1.93 bits per heavy atom. The molecule has 0 aliphatic heterocycles. The fraction of sp³-hybridized carbons (Fsp3) is 0.200. The van der Waals surface area contributed by atoms with E-state index in [1.807, 2.05) is 30.5 Å². The first kappa shape index (κ1) is 17.0. The van der Waals surface area contributed by atoms with Gasteiger partial charge >= 0.3 is 0 Å². The lowest BCUT2D eigenvalue weighted by molar-refractivity contribution is -0.121. The third-order valence-electron chi connectivity index (χ3n) is 4.47. The quantitative estimate of drug-likeness (QED) is 0.532. The van der Waals surface area contributed by atoms with Gasteiger partial charge in [0.1, 0.15) is 12.2 Å². The van der Waals surface area contributed by atoms with Gasteiger partial charge in [-0.2, -0.15) is 0 Å². The molecule has 0 saturated heterocycles. The molecule has 4 rings (SSSR count). The highest BCUT2D eigenvalue weighted by molar-refractivity contribution is 5.79. The number of rotatable bonds is 6. The summed E-state index contributed by atoms with van der Waals surface area (Å²) in [4.78, 5) is 33.2. The SMILES string of the molecule is O=C(Cn1cnc2ccccc2c1=O)NCCCn1ccc2cccnc21. The lowest BCUT2D eigenvalue weighted by Crippen LogP contribution is -2.33. The topological polar surface area (TPSA) is 81.8 Å². The standard InChI is InChI=1S/C20H19N5O2/c26-18(13-25-14-23-17-7-2-1-6-16(17)20(25)27)21-10-4-11-24-12-8-15-5-3-9-22-19(15)24/h1-3,5-9,12,14H,4,10-11,13H2,(H,21,26). The van der Waals surface area contributed by atoms with E-state index in [-0.39, 0.29) is 18.0 Å². The van der Waals surface area contributed by atoms with Crippen LogP contribution in [0.25, 0.3) is 21.9 Å². The Morgan fingerprint density at radius 1 is 1.04 bits per heavy atom. The molecule has 0 spiro atoms. The van der Waals surface area contributed by atoms with Gasteiger partial charge in [-0.15, -0.1) is 0 Å². The van der Waals surface area contributed by atoms with Gasteiger partial charge in [0.2, 0.25) is 5.91 Å². The number of benzene rings is 1. The summed E-state index contributed by atoms with van der Waals surface area (Å²) in [6.45, 7) is 1.25. The normalized spacial score (nSPS) is 11.1.